The molecule has 0 atom stereocenters. The monoisotopic (exact) mass is 251 g/mol. The summed E-state index contributed by atoms with van der Waals surface area (Å²) in [5.74, 6) is 1.12. The van der Waals surface area contributed by atoms with E-state index in [-0.39, 0.29) is 6.10 Å². The zero-order valence-electron chi connectivity index (χ0n) is 10.9. The van der Waals surface area contributed by atoms with Gasteiger partial charge in [-0.1, -0.05) is 0 Å². The summed E-state index contributed by atoms with van der Waals surface area (Å²) >= 11 is 0. The Morgan fingerprint density at radius 1 is 1.50 bits per heavy atom. The molecule has 0 aliphatic heterocycles. The van der Waals surface area contributed by atoms with Gasteiger partial charge < -0.3 is 20.9 Å². The number of nitrogens with one attached hydrogen (secondary N) is 1. The first-order chi connectivity index (χ1) is 8.48. The van der Waals surface area contributed by atoms with E-state index in [1.165, 1.54) is 0 Å². The smallest absolute Gasteiger partial charge is 0.239 e. The number of nitrogens with two attached hydrogens (primary N) is 1. The van der Waals surface area contributed by atoms with Gasteiger partial charge in [-0.25, -0.2) is 0 Å². The number of nitrogens with zero attached hydrogens (tertiary/aromatic N) is 1. The average molecular weight is 251 g/mol. The second-order valence-corrected chi connectivity index (χ2v) is 5.19. The van der Waals surface area contributed by atoms with Crippen LogP contribution in [0, 0.1) is 0 Å². The van der Waals surface area contributed by atoms with Crippen molar-refractivity contribution in [3.63, 3.8) is 0 Å². The maximum atomic E-state index is 9.99. The Morgan fingerprint density at radius 3 is 2.78 bits per heavy atom. The Hall–Kier alpha value is -1.49. The third-order valence-corrected chi connectivity index (χ3v) is 3.12. The number of pyridine rings is 1. The van der Waals surface area contributed by atoms with Gasteiger partial charge in [0, 0.05) is 6.54 Å². The number of ether oxygens (including phenoxy) is 1. The van der Waals surface area contributed by atoms with Crippen molar-refractivity contribution in [3.8, 4) is 5.88 Å². The Labute approximate surface area is 107 Å². The number of hydrogen-bond acceptors (Lipinski definition) is 5. The van der Waals surface area contributed by atoms with E-state index in [0.717, 1.165) is 19.3 Å². The van der Waals surface area contributed by atoms with Crippen LogP contribution in [0.3, 0.4) is 0 Å². The molecule has 1 aliphatic carbocycles. The van der Waals surface area contributed by atoms with Crippen LogP contribution in [0.4, 0.5) is 11.5 Å². The van der Waals surface area contributed by atoms with E-state index in [2.05, 4.69) is 10.3 Å². The Bertz CT molecular complexity index is 417. The van der Waals surface area contributed by atoms with Crippen LogP contribution < -0.4 is 15.8 Å². The molecule has 4 N–H and O–H groups in total. The van der Waals surface area contributed by atoms with Gasteiger partial charge in [-0.3, -0.25) is 0 Å². The van der Waals surface area contributed by atoms with E-state index >= 15 is 0 Å². The quantitative estimate of drug-likeness (QED) is 0.743. The number of nitrogen functional groups attached to an aromatic ring is 1. The lowest BCUT2D eigenvalue weighted by Gasteiger charge is -2.36. The molecule has 1 saturated carbocycles. The van der Waals surface area contributed by atoms with Gasteiger partial charge in [0.25, 0.3) is 0 Å². The normalized spacial score (nSPS) is 17.3. The van der Waals surface area contributed by atoms with Gasteiger partial charge in [0.1, 0.15) is 5.82 Å². The first-order valence-electron chi connectivity index (χ1n) is 6.38. The zero-order valence-corrected chi connectivity index (χ0v) is 10.9. The van der Waals surface area contributed by atoms with Crippen molar-refractivity contribution in [1.29, 1.82) is 0 Å². The molecule has 1 fully saturated rings. The topological polar surface area (TPSA) is 80.4 Å². The highest BCUT2D eigenvalue weighted by Crippen LogP contribution is 2.31. The molecule has 5 nitrogen and oxygen atoms in total. The molecule has 0 unspecified atom stereocenters. The molecule has 0 bridgehead atoms. The van der Waals surface area contributed by atoms with Gasteiger partial charge in [-0.2, -0.15) is 4.98 Å². The minimum absolute atomic E-state index is 0.0332. The third kappa shape index (κ3) is 3.04. The van der Waals surface area contributed by atoms with Gasteiger partial charge in [-0.05, 0) is 45.2 Å². The summed E-state index contributed by atoms with van der Waals surface area (Å²) in [4.78, 5) is 4.30. The molecule has 0 amide bonds. The lowest BCUT2D eigenvalue weighted by molar-refractivity contribution is -0.0202. The lowest BCUT2D eigenvalue weighted by atomic mass is 9.80. The Balaban J connectivity index is 2.00. The zero-order chi connectivity index (χ0) is 13.2. The van der Waals surface area contributed by atoms with Crippen molar-refractivity contribution in [2.24, 2.45) is 0 Å². The summed E-state index contributed by atoms with van der Waals surface area (Å²) in [6.45, 7) is 4.38. The molecule has 18 heavy (non-hydrogen) atoms. The second-order valence-electron chi connectivity index (χ2n) is 5.19. The fourth-order valence-corrected chi connectivity index (χ4v) is 1.88. The van der Waals surface area contributed by atoms with Crippen LogP contribution in [-0.4, -0.2) is 28.3 Å². The van der Waals surface area contributed by atoms with Gasteiger partial charge in [-0.15, -0.1) is 0 Å². The maximum Gasteiger partial charge on any atom is 0.239 e. The van der Waals surface area contributed by atoms with Crippen molar-refractivity contribution in [1.82, 2.24) is 4.98 Å². The van der Waals surface area contributed by atoms with Crippen molar-refractivity contribution in [3.05, 3.63) is 12.1 Å². The van der Waals surface area contributed by atoms with Crippen LogP contribution in [0.5, 0.6) is 5.88 Å². The molecule has 100 valence electrons. The van der Waals surface area contributed by atoms with Crippen LogP contribution in [-0.2, 0) is 0 Å². The molecule has 0 spiro atoms. The molecule has 0 radical (unpaired) electrons. The lowest BCUT2D eigenvalue weighted by Crippen LogP contribution is -2.43. The first kappa shape index (κ1) is 13.0. The van der Waals surface area contributed by atoms with Gasteiger partial charge in [0.05, 0.1) is 17.4 Å². The van der Waals surface area contributed by atoms with Crippen LogP contribution in [0.2, 0.25) is 0 Å². The highest BCUT2D eigenvalue weighted by Gasteiger charge is 2.34. The summed E-state index contributed by atoms with van der Waals surface area (Å²) in [6, 6.07) is 3.56. The van der Waals surface area contributed by atoms with Crippen LogP contribution in [0.1, 0.15) is 33.1 Å². The molecule has 2 rings (SSSR count). The molecule has 1 aliphatic rings. The summed E-state index contributed by atoms with van der Waals surface area (Å²) < 4.78 is 5.52. The fourth-order valence-electron chi connectivity index (χ4n) is 1.88. The third-order valence-electron chi connectivity index (χ3n) is 3.12. The number of hydrogen-bond donors (Lipinski definition) is 3. The number of aromatic nitrogens is 1. The average Bonchev–Trinajstić information content (AvgIpc) is 2.27. The maximum absolute atomic E-state index is 9.99. The van der Waals surface area contributed by atoms with Crippen molar-refractivity contribution in [2.75, 3.05) is 17.6 Å². The van der Waals surface area contributed by atoms with Crippen molar-refractivity contribution < 1.29 is 9.84 Å². The van der Waals surface area contributed by atoms with Crippen LogP contribution in [0.15, 0.2) is 12.1 Å². The summed E-state index contributed by atoms with van der Waals surface area (Å²) in [7, 11) is 0. The van der Waals surface area contributed by atoms with Crippen molar-refractivity contribution >= 4 is 11.5 Å². The summed E-state index contributed by atoms with van der Waals surface area (Å²) in [6.07, 6.45) is 2.83. The van der Waals surface area contributed by atoms with E-state index in [1.807, 2.05) is 13.8 Å². The predicted molar refractivity (Wildman–Crippen MR) is 71.7 cm³/mol. The fraction of sp³-hybridized carbons (Fsp3) is 0.615. The highest BCUT2D eigenvalue weighted by atomic mass is 16.5. The standard InChI is InChI=1S/C13H21N3O2/c1-9(2)18-12-10(14)4-5-11(16-12)15-8-13(17)6-3-7-13/h4-5,9,17H,3,6-8,14H2,1-2H3,(H,15,16). The minimum Gasteiger partial charge on any atom is -0.473 e. The molecule has 1 aromatic heterocycles. The van der Waals surface area contributed by atoms with Crippen LogP contribution in [0.25, 0.3) is 0 Å². The molecule has 5 heteroatoms. The minimum atomic E-state index is -0.567. The predicted octanol–water partition coefficient (Wildman–Crippen LogP) is 1.78. The van der Waals surface area contributed by atoms with Crippen molar-refractivity contribution in [2.45, 2.75) is 44.8 Å². The van der Waals surface area contributed by atoms with Gasteiger partial charge in [0.2, 0.25) is 5.88 Å². The first-order valence-corrected chi connectivity index (χ1v) is 6.38. The Kier molecular flexibility index (Phi) is 3.61. The number of aliphatic hydroxyl groups is 1. The van der Waals surface area contributed by atoms with E-state index in [4.69, 9.17) is 10.5 Å². The highest BCUT2D eigenvalue weighted by molar-refractivity contribution is 5.53. The Morgan fingerprint density at radius 2 is 2.22 bits per heavy atom. The van der Waals surface area contributed by atoms with E-state index in [1.54, 1.807) is 12.1 Å². The van der Waals surface area contributed by atoms with Gasteiger partial charge >= 0.3 is 0 Å². The largest absolute Gasteiger partial charge is 0.473 e. The molecular weight excluding hydrogens is 230 g/mol. The molecular formula is C13H21N3O2. The summed E-state index contributed by atoms with van der Waals surface area (Å²) in [5.41, 5.74) is 5.75. The SMILES string of the molecule is CC(C)Oc1nc(NCC2(O)CCC2)ccc1N. The number of anilines is 2. The molecule has 1 aromatic rings. The molecule has 1 heterocycles. The summed E-state index contributed by atoms with van der Waals surface area (Å²) in [5, 5.41) is 13.1. The van der Waals surface area contributed by atoms with E-state index < -0.39 is 5.60 Å². The molecule has 0 aromatic carbocycles. The van der Waals surface area contributed by atoms with E-state index in [0.29, 0.717) is 23.9 Å². The van der Waals surface area contributed by atoms with E-state index in [9.17, 15) is 5.11 Å². The molecule has 0 saturated heterocycles. The second kappa shape index (κ2) is 5.02. The van der Waals surface area contributed by atoms with Gasteiger partial charge in [0.15, 0.2) is 0 Å². The van der Waals surface area contributed by atoms with Crippen LogP contribution >= 0.6 is 0 Å². The number of rotatable bonds is 5.